The van der Waals surface area contributed by atoms with Crippen LogP contribution in [0.5, 0.6) is 0 Å². The highest BCUT2D eigenvalue weighted by atomic mass is 32.2. The van der Waals surface area contributed by atoms with Crippen LogP contribution < -0.4 is 5.32 Å². The van der Waals surface area contributed by atoms with E-state index in [0.717, 1.165) is 37.4 Å². The third kappa shape index (κ3) is 2.83. The van der Waals surface area contributed by atoms with Crippen molar-refractivity contribution in [2.24, 2.45) is 0 Å². The number of rotatable bonds is 3. The number of amides is 3. The maximum absolute atomic E-state index is 12.1. The van der Waals surface area contributed by atoms with Crippen molar-refractivity contribution >= 4 is 28.8 Å². The van der Waals surface area contributed by atoms with E-state index >= 15 is 0 Å². The van der Waals surface area contributed by atoms with Crippen LogP contribution in [0.25, 0.3) is 0 Å². The van der Waals surface area contributed by atoms with Crippen molar-refractivity contribution in [1.82, 2.24) is 10.2 Å². The Morgan fingerprint density at radius 1 is 1.33 bits per heavy atom. The molecule has 3 rings (SSSR count). The summed E-state index contributed by atoms with van der Waals surface area (Å²) in [5, 5.41) is 2.70. The largest absolute Gasteiger partial charge is 0.459 e. The summed E-state index contributed by atoms with van der Waals surface area (Å²) in [7, 11) is 0. The van der Waals surface area contributed by atoms with Crippen LogP contribution in [0.2, 0.25) is 0 Å². The molecule has 21 heavy (non-hydrogen) atoms. The molecule has 1 aliphatic carbocycles. The van der Waals surface area contributed by atoms with Crippen molar-refractivity contribution in [1.29, 1.82) is 0 Å². The summed E-state index contributed by atoms with van der Waals surface area (Å²) in [6, 6.07) is 2.79. The van der Waals surface area contributed by atoms with Crippen LogP contribution in [0, 0.1) is 0 Å². The van der Waals surface area contributed by atoms with Crippen LogP contribution in [0.4, 0.5) is 4.79 Å². The number of hydrogen-bond acceptors (Lipinski definition) is 5. The van der Waals surface area contributed by atoms with Crippen molar-refractivity contribution in [3.63, 3.8) is 0 Å². The van der Waals surface area contributed by atoms with Crippen molar-refractivity contribution in [3.8, 4) is 0 Å². The molecule has 2 aliphatic rings. The summed E-state index contributed by atoms with van der Waals surface area (Å²) < 4.78 is 5.08. The Hall–Kier alpha value is -1.76. The SMILES string of the molecule is O=C(N[C@H]1CCCC[C@@H]1N1C(=O)CSC1=O)c1ccco1. The van der Waals surface area contributed by atoms with E-state index in [9.17, 15) is 14.4 Å². The van der Waals surface area contributed by atoms with Gasteiger partial charge in [0.1, 0.15) is 0 Å². The molecule has 1 aromatic rings. The lowest BCUT2D eigenvalue weighted by molar-refractivity contribution is -0.127. The maximum Gasteiger partial charge on any atom is 0.289 e. The Bertz CT molecular complexity index is 541. The molecule has 0 radical (unpaired) electrons. The average molecular weight is 308 g/mol. The van der Waals surface area contributed by atoms with Gasteiger partial charge in [-0.15, -0.1) is 0 Å². The van der Waals surface area contributed by atoms with E-state index < -0.39 is 0 Å². The second-order valence-electron chi connectivity index (χ2n) is 5.23. The Balaban J connectivity index is 1.74. The Kier molecular flexibility index (Phi) is 4.01. The highest BCUT2D eigenvalue weighted by molar-refractivity contribution is 8.14. The second kappa shape index (κ2) is 5.93. The van der Waals surface area contributed by atoms with Crippen molar-refractivity contribution < 1.29 is 18.8 Å². The first-order chi connectivity index (χ1) is 10.2. The molecule has 2 atom stereocenters. The number of carbonyl (C=O) groups excluding carboxylic acids is 3. The standard InChI is InChI=1S/C14H16N2O4S/c17-12-8-21-14(19)16(12)10-5-2-1-4-9(10)15-13(18)11-6-3-7-20-11/h3,6-7,9-10H,1-2,4-5,8H2,(H,15,18)/t9-,10-/m0/s1. The smallest absolute Gasteiger partial charge is 0.289 e. The quantitative estimate of drug-likeness (QED) is 0.924. The van der Waals surface area contributed by atoms with Gasteiger partial charge < -0.3 is 9.73 Å². The Morgan fingerprint density at radius 2 is 2.14 bits per heavy atom. The van der Waals surface area contributed by atoms with Crippen molar-refractivity contribution in [2.45, 2.75) is 37.8 Å². The molecule has 1 N–H and O–H groups in total. The molecule has 3 amide bonds. The lowest BCUT2D eigenvalue weighted by Crippen LogP contribution is -2.54. The first-order valence-corrected chi connectivity index (χ1v) is 7.98. The Labute approximate surface area is 126 Å². The topological polar surface area (TPSA) is 79.6 Å². The summed E-state index contributed by atoms with van der Waals surface area (Å²) in [6.45, 7) is 0. The maximum atomic E-state index is 12.1. The predicted molar refractivity (Wildman–Crippen MR) is 76.9 cm³/mol. The molecule has 7 heteroatoms. The number of carbonyl (C=O) groups is 3. The van der Waals surface area contributed by atoms with Crippen LogP contribution in [0.15, 0.2) is 22.8 Å². The van der Waals surface area contributed by atoms with Gasteiger partial charge in [-0.3, -0.25) is 19.3 Å². The minimum absolute atomic E-state index is 0.158. The summed E-state index contributed by atoms with van der Waals surface area (Å²) in [4.78, 5) is 37.2. The lowest BCUT2D eigenvalue weighted by Gasteiger charge is -2.36. The average Bonchev–Trinajstić information content (AvgIpc) is 3.11. The summed E-state index contributed by atoms with van der Waals surface area (Å²) in [5.74, 6) is -0.0145. The fraction of sp³-hybridized carbons (Fsp3) is 0.500. The fourth-order valence-corrected chi connectivity index (χ4v) is 3.68. The first-order valence-electron chi connectivity index (χ1n) is 7.00. The number of thioether (sulfide) groups is 1. The van der Waals surface area contributed by atoms with Crippen LogP contribution in [0.3, 0.4) is 0 Å². The van der Waals surface area contributed by atoms with Gasteiger partial charge in [0.05, 0.1) is 24.1 Å². The van der Waals surface area contributed by atoms with Crippen LogP contribution >= 0.6 is 11.8 Å². The first kappa shape index (κ1) is 14.2. The summed E-state index contributed by atoms with van der Waals surface area (Å²) >= 11 is 1.03. The molecule has 2 heterocycles. The van der Waals surface area contributed by atoms with Gasteiger partial charge in [0.25, 0.3) is 11.1 Å². The number of imide groups is 1. The van der Waals surface area contributed by atoms with Crippen molar-refractivity contribution in [2.75, 3.05) is 5.75 Å². The summed E-state index contributed by atoms with van der Waals surface area (Å²) in [5.41, 5.74) is 0. The molecule has 1 saturated heterocycles. The zero-order valence-corrected chi connectivity index (χ0v) is 12.2. The van der Waals surface area contributed by atoms with E-state index in [1.807, 2.05) is 0 Å². The second-order valence-corrected chi connectivity index (χ2v) is 6.15. The van der Waals surface area contributed by atoms with Gasteiger partial charge >= 0.3 is 0 Å². The number of hydrogen-bond donors (Lipinski definition) is 1. The molecule has 0 bridgehead atoms. The molecule has 1 saturated carbocycles. The van der Waals surface area contributed by atoms with E-state index in [-0.39, 0.29) is 40.7 Å². The van der Waals surface area contributed by atoms with Gasteiger partial charge in [-0.2, -0.15) is 0 Å². The number of nitrogens with zero attached hydrogens (tertiary/aromatic N) is 1. The molecule has 0 unspecified atom stereocenters. The van der Waals surface area contributed by atoms with E-state index in [1.54, 1.807) is 12.1 Å². The molecule has 0 aromatic carbocycles. The molecule has 1 aromatic heterocycles. The van der Waals surface area contributed by atoms with Gasteiger partial charge in [0.15, 0.2) is 5.76 Å². The van der Waals surface area contributed by atoms with Gasteiger partial charge in [0.2, 0.25) is 5.91 Å². The Morgan fingerprint density at radius 3 is 2.81 bits per heavy atom. The highest BCUT2D eigenvalue weighted by Crippen LogP contribution is 2.30. The third-order valence-corrected chi connectivity index (χ3v) is 4.74. The minimum atomic E-state index is -0.302. The fourth-order valence-electron chi connectivity index (χ4n) is 2.92. The zero-order chi connectivity index (χ0) is 14.8. The molecule has 6 nitrogen and oxygen atoms in total. The van der Waals surface area contributed by atoms with Crippen LogP contribution in [-0.4, -0.2) is 39.8 Å². The molecule has 1 aliphatic heterocycles. The van der Waals surface area contributed by atoms with Gasteiger partial charge in [-0.25, -0.2) is 0 Å². The van der Waals surface area contributed by atoms with E-state index in [2.05, 4.69) is 5.32 Å². The van der Waals surface area contributed by atoms with Gasteiger partial charge in [0, 0.05) is 0 Å². The normalized spacial score (nSPS) is 26.2. The minimum Gasteiger partial charge on any atom is -0.459 e. The van der Waals surface area contributed by atoms with Crippen LogP contribution in [0.1, 0.15) is 36.2 Å². The van der Waals surface area contributed by atoms with Crippen molar-refractivity contribution in [3.05, 3.63) is 24.2 Å². The van der Waals surface area contributed by atoms with Gasteiger partial charge in [-0.05, 0) is 25.0 Å². The number of nitrogens with one attached hydrogen (secondary N) is 1. The number of furan rings is 1. The molecular formula is C14H16N2O4S. The monoisotopic (exact) mass is 308 g/mol. The predicted octanol–water partition coefficient (Wildman–Crippen LogP) is 2.02. The third-order valence-electron chi connectivity index (χ3n) is 3.91. The zero-order valence-electron chi connectivity index (χ0n) is 11.4. The molecule has 2 fully saturated rings. The van der Waals surface area contributed by atoms with E-state index in [4.69, 9.17) is 4.42 Å². The van der Waals surface area contributed by atoms with Crippen LogP contribution in [-0.2, 0) is 4.79 Å². The molecule has 112 valence electrons. The lowest BCUT2D eigenvalue weighted by atomic mass is 9.89. The highest BCUT2D eigenvalue weighted by Gasteiger charge is 2.41. The van der Waals surface area contributed by atoms with E-state index in [1.165, 1.54) is 11.2 Å². The van der Waals surface area contributed by atoms with Gasteiger partial charge in [-0.1, -0.05) is 24.6 Å². The van der Waals surface area contributed by atoms with E-state index in [0.29, 0.717) is 0 Å². The summed E-state index contributed by atoms with van der Waals surface area (Å²) in [6.07, 6.45) is 4.87. The molecule has 0 spiro atoms. The molecular weight excluding hydrogens is 292 g/mol.